The van der Waals surface area contributed by atoms with Crippen molar-refractivity contribution in [1.82, 2.24) is 5.32 Å². The Labute approximate surface area is 126 Å². The van der Waals surface area contributed by atoms with E-state index in [4.69, 9.17) is 11.6 Å². The van der Waals surface area contributed by atoms with Crippen LogP contribution in [0.2, 0.25) is 5.02 Å². The summed E-state index contributed by atoms with van der Waals surface area (Å²) >= 11 is 9.47. The van der Waals surface area contributed by atoms with E-state index in [9.17, 15) is 5.11 Å². The molecule has 100 valence electrons. The van der Waals surface area contributed by atoms with Gasteiger partial charge in [-0.05, 0) is 36.8 Å². The SMILES string of the molecule is C[C@@H](NCc1cc(Cl)ccc1O)c1ccccc1Br. The standard InChI is InChI=1S/C15H15BrClNO/c1-10(13-4-2-3-5-14(13)16)18-9-11-8-12(17)6-7-15(11)19/h2-8,10,18-19H,9H2,1H3/t10-/m1/s1. The van der Waals surface area contributed by atoms with Gasteiger partial charge in [0.2, 0.25) is 0 Å². The predicted molar refractivity (Wildman–Crippen MR) is 82.5 cm³/mol. The zero-order valence-corrected chi connectivity index (χ0v) is 12.9. The van der Waals surface area contributed by atoms with Crippen LogP contribution in [0.3, 0.4) is 0 Å². The summed E-state index contributed by atoms with van der Waals surface area (Å²) in [5, 5.41) is 13.8. The zero-order chi connectivity index (χ0) is 13.8. The van der Waals surface area contributed by atoms with Crippen LogP contribution in [0.15, 0.2) is 46.9 Å². The van der Waals surface area contributed by atoms with Gasteiger partial charge >= 0.3 is 0 Å². The van der Waals surface area contributed by atoms with Crippen LogP contribution in [0.1, 0.15) is 24.1 Å². The highest BCUT2D eigenvalue weighted by atomic mass is 79.9. The maximum atomic E-state index is 9.77. The van der Waals surface area contributed by atoms with E-state index in [1.54, 1.807) is 18.2 Å². The minimum Gasteiger partial charge on any atom is -0.508 e. The van der Waals surface area contributed by atoms with Crippen molar-refractivity contribution < 1.29 is 5.11 Å². The van der Waals surface area contributed by atoms with E-state index in [0.29, 0.717) is 11.6 Å². The molecule has 0 saturated carbocycles. The van der Waals surface area contributed by atoms with Crippen LogP contribution in [0, 0.1) is 0 Å². The van der Waals surface area contributed by atoms with E-state index in [1.807, 2.05) is 18.2 Å². The third kappa shape index (κ3) is 3.72. The second-order valence-corrected chi connectivity index (χ2v) is 5.69. The van der Waals surface area contributed by atoms with Crippen molar-refractivity contribution in [1.29, 1.82) is 0 Å². The number of hydrogen-bond donors (Lipinski definition) is 2. The molecule has 0 aliphatic rings. The third-order valence-electron chi connectivity index (χ3n) is 3.01. The first-order valence-corrected chi connectivity index (χ1v) is 7.20. The quantitative estimate of drug-likeness (QED) is 0.848. The molecule has 2 nitrogen and oxygen atoms in total. The van der Waals surface area contributed by atoms with E-state index in [0.717, 1.165) is 10.0 Å². The van der Waals surface area contributed by atoms with Crippen molar-refractivity contribution in [2.24, 2.45) is 0 Å². The molecular formula is C15H15BrClNO. The number of nitrogens with one attached hydrogen (secondary N) is 1. The molecule has 2 rings (SSSR count). The fourth-order valence-electron chi connectivity index (χ4n) is 1.89. The monoisotopic (exact) mass is 339 g/mol. The van der Waals surface area contributed by atoms with Gasteiger partial charge in [0.1, 0.15) is 5.75 Å². The summed E-state index contributed by atoms with van der Waals surface area (Å²) < 4.78 is 1.07. The Morgan fingerprint density at radius 3 is 2.74 bits per heavy atom. The maximum Gasteiger partial charge on any atom is 0.120 e. The van der Waals surface area contributed by atoms with Gasteiger partial charge in [-0.2, -0.15) is 0 Å². The molecule has 0 aliphatic heterocycles. The van der Waals surface area contributed by atoms with Crippen molar-refractivity contribution in [3.05, 3.63) is 63.1 Å². The Morgan fingerprint density at radius 1 is 1.26 bits per heavy atom. The van der Waals surface area contributed by atoms with Gasteiger partial charge in [-0.25, -0.2) is 0 Å². The highest BCUT2D eigenvalue weighted by molar-refractivity contribution is 9.10. The fourth-order valence-corrected chi connectivity index (χ4v) is 2.72. The van der Waals surface area contributed by atoms with Crippen molar-refractivity contribution in [3.63, 3.8) is 0 Å². The molecule has 0 amide bonds. The summed E-state index contributed by atoms with van der Waals surface area (Å²) in [5.41, 5.74) is 1.98. The zero-order valence-electron chi connectivity index (χ0n) is 10.5. The smallest absolute Gasteiger partial charge is 0.120 e. The molecule has 2 aromatic carbocycles. The van der Waals surface area contributed by atoms with Crippen molar-refractivity contribution in [2.75, 3.05) is 0 Å². The van der Waals surface area contributed by atoms with Crippen LogP contribution in [0.25, 0.3) is 0 Å². The van der Waals surface area contributed by atoms with Gasteiger partial charge in [-0.1, -0.05) is 45.7 Å². The summed E-state index contributed by atoms with van der Waals surface area (Å²) in [6.07, 6.45) is 0. The minimum absolute atomic E-state index is 0.175. The van der Waals surface area contributed by atoms with Crippen molar-refractivity contribution >= 4 is 27.5 Å². The molecule has 0 aliphatic carbocycles. The number of rotatable bonds is 4. The second kappa shape index (κ2) is 6.42. The molecule has 0 saturated heterocycles. The number of benzene rings is 2. The van der Waals surface area contributed by atoms with E-state index in [-0.39, 0.29) is 11.8 Å². The Hall–Kier alpha value is -1.03. The summed E-state index contributed by atoms with van der Waals surface area (Å²) in [6.45, 7) is 2.65. The molecule has 2 aromatic rings. The average Bonchev–Trinajstić information content (AvgIpc) is 2.40. The predicted octanol–water partition coefficient (Wildman–Crippen LogP) is 4.66. The van der Waals surface area contributed by atoms with Gasteiger partial charge in [0.15, 0.2) is 0 Å². The fraction of sp³-hybridized carbons (Fsp3) is 0.200. The third-order valence-corrected chi connectivity index (χ3v) is 3.97. The van der Waals surface area contributed by atoms with Crippen molar-refractivity contribution in [3.8, 4) is 5.75 Å². The van der Waals surface area contributed by atoms with Crippen LogP contribution < -0.4 is 5.32 Å². The van der Waals surface area contributed by atoms with E-state index in [1.165, 1.54) is 5.56 Å². The first-order chi connectivity index (χ1) is 9.08. The Bertz CT molecular complexity index is 574. The number of halogens is 2. The Kier molecular flexibility index (Phi) is 4.86. The minimum atomic E-state index is 0.175. The molecule has 2 N–H and O–H groups in total. The Balaban J connectivity index is 2.06. The molecule has 0 aromatic heterocycles. The van der Waals surface area contributed by atoms with Crippen LogP contribution in [-0.2, 0) is 6.54 Å². The molecule has 4 heteroatoms. The molecule has 19 heavy (non-hydrogen) atoms. The number of phenolic OH excluding ortho intramolecular Hbond substituents is 1. The van der Waals surface area contributed by atoms with Gasteiger partial charge in [-0.3, -0.25) is 0 Å². The van der Waals surface area contributed by atoms with E-state index in [2.05, 4.69) is 34.2 Å². The highest BCUT2D eigenvalue weighted by Gasteiger charge is 2.09. The van der Waals surface area contributed by atoms with E-state index < -0.39 is 0 Å². The van der Waals surface area contributed by atoms with Crippen molar-refractivity contribution in [2.45, 2.75) is 19.5 Å². The van der Waals surface area contributed by atoms with Gasteiger partial charge < -0.3 is 10.4 Å². The molecule has 1 atom stereocenters. The number of phenols is 1. The van der Waals surface area contributed by atoms with Crippen LogP contribution >= 0.6 is 27.5 Å². The maximum absolute atomic E-state index is 9.77. The lowest BCUT2D eigenvalue weighted by atomic mass is 10.1. The Morgan fingerprint density at radius 2 is 2.00 bits per heavy atom. The summed E-state index contributed by atoms with van der Waals surface area (Å²) in [6, 6.07) is 13.3. The van der Waals surface area contributed by atoms with E-state index >= 15 is 0 Å². The summed E-state index contributed by atoms with van der Waals surface area (Å²) in [7, 11) is 0. The second-order valence-electron chi connectivity index (χ2n) is 4.40. The highest BCUT2D eigenvalue weighted by Crippen LogP contribution is 2.25. The normalized spacial score (nSPS) is 12.4. The van der Waals surface area contributed by atoms with Gasteiger partial charge in [0.25, 0.3) is 0 Å². The topological polar surface area (TPSA) is 32.3 Å². The average molecular weight is 341 g/mol. The van der Waals surface area contributed by atoms with Gasteiger partial charge in [-0.15, -0.1) is 0 Å². The lowest BCUT2D eigenvalue weighted by Gasteiger charge is -2.16. The van der Waals surface area contributed by atoms with Crippen LogP contribution in [0.5, 0.6) is 5.75 Å². The van der Waals surface area contributed by atoms with Gasteiger partial charge in [0, 0.05) is 27.6 Å². The summed E-state index contributed by atoms with van der Waals surface area (Å²) in [5.74, 6) is 0.260. The number of hydrogen-bond acceptors (Lipinski definition) is 2. The van der Waals surface area contributed by atoms with Crippen LogP contribution in [0.4, 0.5) is 0 Å². The van der Waals surface area contributed by atoms with Gasteiger partial charge in [0.05, 0.1) is 0 Å². The molecule has 0 bridgehead atoms. The van der Waals surface area contributed by atoms with Crippen LogP contribution in [-0.4, -0.2) is 5.11 Å². The largest absolute Gasteiger partial charge is 0.508 e. The molecule has 0 spiro atoms. The number of aromatic hydroxyl groups is 1. The first-order valence-electron chi connectivity index (χ1n) is 6.03. The molecule has 0 heterocycles. The molecule has 0 unspecified atom stereocenters. The lowest BCUT2D eigenvalue weighted by molar-refractivity contribution is 0.460. The lowest BCUT2D eigenvalue weighted by Crippen LogP contribution is -2.18. The molecule has 0 radical (unpaired) electrons. The first kappa shape index (κ1) is 14.4. The molecular weight excluding hydrogens is 326 g/mol. The summed E-state index contributed by atoms with van der Waals surface area (Å²) in [4.78, 5) is 0. The molecule has 0 fully saturated rings.